The molecule has 8 nitrogen and oxygen atoms in total. The molecule has 0 fully saturated rings. The lowest BCUT2D eigenvalue weighted by atomic mass is 10.1. The molecule has 9 heteroatoms. The van der Waals surface area contributed by atoms with Crippen LogP contribution in [0.3, 0.4) is 0 Å². The quantitative estimate of drug-likeness (QED) is 0.292. The minimum atomic E-state index is -4.12. The van der Waals surface area contributed by atoms with E-state index >= 15 is 0 Å². The number of hydrogen-bond acceptors (Lipinski definition) is 6. The average Bonchev–Trinajstić information content (AvgIpc) is 2.95. The molecule has 0 radical (unpaired) electrons. The first kappa shape index (κ1) is 28.7. The minimum Gasteiger partial charge on any atom is -0.384 e. The van der Waals surface area contributed by atoms with Gasteiger partial charge in [0.1, 0.15) is 13.2 Å². The van der Waals surface area contributed by atoms with Gasteiger partial charge in [-0.3, -0.25) is 10.1 Å². The second kappa shape index (κ2) is 14.2. The molecule has 0 saturated heterocycles. The Kier molecular flexibility index (Phi) is 10.4. The molecule has 3 rings (SSSR count). The third-order valence-corrected chi connectivity index (χ3v) is 6.91. The molecule has 0 saturated carbocycles. The van der Waals surface area contributed by atoms with Gasteiger partial charge in [0.25, 0.3) is 5.69 Å². The number of benzene rings is 3. The molecule has 0 unspecified atom stereocenters. The van der Waals surface area contributed by atoms with Crippen molar-refractivity contribution in [3.8, 4) is 47.4 Å². The first-order valence-corrected chi connectivity index (χ1v) is 12.9. The van der Waals surface area contributed by atoms with Gasteiger partial charge in [-0.25, -0.2) is 8.42 Å². The number of sulfonamides is 1. The van der Waals surface area contributed by atoms with Gasteiger partial charge in [-0.05, 0) is 36.4 Å². The van der Waals surface area contributed by atoms with Crippen molar-refractivity contribution < 1.29 is 23.6 Å². The fourth-order valence-electron chi connectivity index (χ4n) is 3.23. The van der Waals surface area contributed by atoms with Gasteiger partial charge < -0.3 is 10.2 Å². The van der Waals surface area contributed by atoms with Crippen LogP contribution in [0.4, 0.5) is 5.69 Å². The Hall–Kier alpha value is -4.87. The maximum atomic E-state index is 13.4. The monoisotopic (exact) mass is 538 g/mol. The van der Waals surface area contributed by atoms with Crippen LogP contribution in [0.15, 0.2) is 77.7 Å². The molecule has 2 N–H and O–H groups in total. The molecule has 0 aliphatic carbocycles. The zero-order valence-electron chi connectivity index (χ0n) is 20.6. The lowest BCUT2D eigenvalue weighted by Crippen LogP contribution is -2.32. The summed E-state index contributed by atoms with van der Waals surface area (Å²) in [7, 11) is -4.12. The van der Waals surface area contributed by atoms with Crippen LogP contribution < -0.4 is 0 Å². The highest BCUT2D eigenvalue weighted by molar-refractivity contribution is 7.89. The minimum absolute atomic E-state index is 0.139. The summed E-state index contributed by atoms with van der Waals surface area (Å²) < 4.78 is 27.9. The molecule has 0 amide bonds. The molecule has 3 aromatic carbocycles. The highest BCUT2D eigenvalue weighted by Gasteiger charge is 2.24. The molecular formula is C30H22N2O6S. The van der Waals surface area contributed by atoms with E-state index in [4.69, 9.17) is 10.2 Å². The van der Waals surface area contributed by atoms with Crippen LogP contribution in [-0.4, -0.2) is 54.2 Å². The normalized spacial score (nSPS) is 10.0. The fraction of sp³-hybridized carbons (Fsp3) is 0.133. The third kappa shape index (κ3) is 8.06. The Bertz CT molecular complexity index is 1620. The van der Waals surface area contributed by atoms with E-state index in [0.29, 0.717) is 22.3 Å². The van der Waals surface area contributed by atoms with Gasteiger partial charge in [0.15, 0.2) is 0 Å². The number of hydrogen-bond donors (Lipinski definition) is 2. The molecule has 0 bridgehead atoms. The molecule has 3 aromatic rings. The average molecular weight is 539 g/mol. The number of rotatable bonds is 5. The second-order valence-corrected chi connectivity index (χ2v) is 9.58. The predicted octanol–water partition coefficient (Wildman–Crippen LogP) is 2.38. The lowest BCUT2D eigenvalue weighted by molar-refractivity contribution is -0.384. The molecule has 0 spiro atoms. The van der Waals surface area contributed by atoms with Gasteiger partial charge in [0.2, 0.25) is 10.0 Å². The lowest BCUT2D eigenvalue weighted by Gasteiger charge is -2.17. The number of non-ortho nitro benzene ring substituents is 1. The fourth-order valence-corrected chi connectivity index (χ4v) is 4.48. The van der Waals surface area contributed by atoms with Crippen LogP contribution in [0.1, 0.15) is 22.3 Å². The summed E-state index contributed by atoms with van der Waals surface area (Å²) in [5, 5.41) is 29.0. The Labute approximate surface area is 227 Å². The maximum Gasteiger partial charge on any atom is 0.269 e. The van der Waals surface area contributed by atoms with Gasteiger partial charge in [-0.15, -0.1) is 0 Å². The SMILES string of the molecule is O=[N+]([O-])c1ccc(S(=O)(=O)N(CC#Cc2ccccc2C#CCO)CC#Cc2ccccc2C#CCO)cc1. The molecule has 0 aromatic heterocycles. The Morgan fingerprint density at radius 1 is 0.667 bits per heavy atom. The molecule has 0 atom stereocenters. The van der Waals surface area contributed by atoms with Crippen LogP contribution >= 0.6 is 0 Å². The number of nitrogens with zero attached hydrogens (tertiary/aromatic N) is 2. The number of nitro groups is 1. The van der Waals surface area contributed by atoms with Gasteiger partial charge in [-0.1, -0.05) is 71.6 Å². The summed E-state index contributed by atoms with van der Waals surface area (Å²) in [5.41, 5.74) is 2.07. The van der Waals surface area contributed by atoms with E-state index in [9.17, 15) is 18.5 Å². The van der Waals surface area contributed by atoms with Crippen LogP contribution in [0.25, 0.3) is 0 Å². The molecule has 194 valence electrons. The highest BCUT2D eigenvalue weighted by Crippen LogP contribution is 2.19. The van der Waals surface area contributed by atoms with Crippen molar-refractivity contribution in [3.05, 3.63) is 105 Å². The van der Waals surface area contributed by atoms with E-state index in [1.165, 1.54) is 12.1 Å². The van der Waals surface area contributed by atoms with E-state index < -0.39 is 14.9 Å². The summed E-state index contributed by atoms with van der Waals surface area (Å²) >= 11 is 0. The van der Waals surface area contributed by atoms with Crippen molar-refractivity contribution in [2.75, 3.05) is 26.3 Å². The topological polar surface area (TPSA) is 121 Å². The molecule has 0 aliphatic heterocycles. The van der Waals surface area contributed by atoms with Crippen molar-refractivity contribution >= 4 is 15.7 Å². The largest absolute Gasteiger partial charge is 0.384 e. The first-order valence-electron chi connectivity index (χ1n) is 11.5. The maximum absolute atomic E-state index is 13.4. The second-order valence-electron chi connectivity index (χ2n) is 7.64. The number of aliphatic hydroxyl groups is 2. The van der Waals surface area contributed by atoms with Crippen LogP contribution in [0.2, 0.25) is 0 Å². The predicted molar refractivity (Wildman–Crippen MR) is 146 cm³/mol. The smallest absolute Gasteiger partial charge is 0.269 e. The summed E-state index contributed by atoms with van der Waals surface area (Å²) in [6, 6.07) is 18.6. The van der Waals surface area contributed by atoms with Crippen LogP contribution in [-0.2, 0) is 10.0 Å². The van der Waals surface area contributed by atoms with Crippen molar-refractivity contribution in [2.45, 2.75) is 4.90 Å². The standard InChI is InChI=1S/C30H22N2O6S/c33-23-7-15-27-11-3-1-9-25(27)13-5-21-31(39(37,38)30-19-17-29(18-20-30)32(35)36)22-6-14-26-10-2-4-12-28(26)16-8-24-34/h1-4,9-12,17-20,33-34H,21-24H2. The van der Waals surface area contributed by atoms with Crippen molar-refractivity contribution in [3.63, 3.8) is 0 Å². The number of aliphatic hydroxyl groups excluding tert-OH is 2. The van der Waals surface area contributed by atoms with Gasteiger partial charge in [-0.2, -0.15) is 4.31 Å². The van der Waals surface area contributed by atoms with E-state index in [1.54, 1.807) is 48.5 Å². The Morgan fingerprint density at radius 3 is 1.41 bits per heavy atom. The van der Waals surface area contributed by atoms with Crippen molar-refractivity contribution in [1.29, 1.82) is 0 Å². The molecule has 39 heavy (non-hydrogen) atoms. The third-order valence-electron chi connectivity index (χ3n) is 5.10. The number of nitro benzene ring substituents is 1. The summed E-state index contributed by atoms with van der Waals surface area (Å²) in [4.78, 5) is 10.2. The van der Waals surface area contributed by atoms with Crippen LogP contribution in [0.5, 0.6) is 0 Å². The Balaban J connectivity index is 1.96. The van der Waals surface area contributed by atoms with Gasteiger partial charge >= 0.3 is 0 Å². The van der Waals surface area contributed by atoms with Crippen molar-refractivity contribution in [1.82, 2.24) is 4.31 Å². The summed E-state index contributed by atoms with van der Waals surface area (Å²) in [5.74, 6) is 22.3. The first-order chi connectivity index (χ1) is 18.9. The zero-order valence-corrected chi connectivity index (χ0v) is 21.4. The van der Waals surface area contributed by atoms with E-state index in [2.05, 4.69) is 47.4 Å². The molecule has 0 aliphatic rings. The van der Waals surface area contributed by atoms with E-state index in [0.717, 1.165) is 16.4 Å². The van der Waals surface area contributed by atoms with Crippen molar-refractivity contribution in [2.24, 2.45) is 0 Å². The van der Waals surface area contributed by atoms with E-state index in [1.807, 2.05) is 0 Å². The molecule has 0 heterocycles. The van der Waals surface area contributed by atoms with Gasteiger partial charge in [0, 0.05) is 34.4 Å². The van der Waals surface area contributed by atoms with Crippen LogP contribution in [0, 0.1) is 57.5 Å². The molecular weight excluding hydrogens is 516 g/mol. The highest BCUT2D eigenvalue weighted by atomic mass is 32.2. The van der Waals surface area contributed by atoms with Gasteiger partial charge in [0.05, 0.1) is 22.9 Å². The van der Waals surface area contributed by atoms with E-state index in [-0.39, 0.29) is 36.9 Å². The summed E-state index contributed by atoms with van der Waals surface area (Å²) in [6.07, 6.45) is 0. The summed E-state index contributed by atoms with van der Waals surface area (Å²) in [6.45, 7) is -1.06. The zero-order chi connectivity index (χ0) is 28.1. The Morgan fingerprint density at radius 2 is 1.05 bits per heavy atom.